The molecular formula is C13H13BrN4O. The minimum absolute atomic E-state index is 0.284. The molecule has 1 amide bonds. The van der Waals surface area contributed by atoms with E-state index in [4.69, 9.17) is 11.5 Å². The third-order valence-electron chi connectivity index (χ3n) is 2.71. The number of nitrogens with two attached hydrogens (primary N) is 2. The van der Waals surface area contributed by atoms with Crippen LogP contribution in [0.25, 0.3) is 0 Å². The first-order valence-electron chi connectivity index (χ1n) is 5.55. The number of aryl methyl sites for hydroxylation is 1. The smallest absolute Gasteiger partial charge is 0.250 e. The van der Waals surface area contributed by atoms with Crippen LogP contribution in [0.1, 0.15) is 15.9 Å². The van der Waals surface area contributed by atoms with Gasteiger partial charge in [-0.2, -0.15) is 0 Å². The number of anilines is 3. The molecule has 0 saturated heterocycles. The number of nitrogens with zero attached hydrogens (tertiary/aromatic N) is 1. The second kappa shape index (κ2) is 5.27. The van der Waals surface area contributed by atoms with Crippen molar-refractivity contribution in [2.45, 2.75) is 6.92 Å². The van der Waals surface area contributed by atoms with E-state index >= 15 is 0 Å². The van der Waals surface area contributed by atoms with Gasteiger partial charge in [-0.1, -0.05) is 0 Å². The van der Waals surface area contributed by atoms with Crippen LogP contribution in [0.3, 0.4) is 0 Å². The Morgan fingerprint density at radius 3 is 2.74 bits per heavy atom. The molecule has 0 bridgehead atoms. The molecule has 1 aromatic heterocycles. The molecule has 0 radical (unpaired) electrons. The van der Waals surface area contributed by atoms with Gasteiger partial charge >= 0.3 is 0 Å². The average Bonchev–Trinajstić information content (AvgIpc) is 2.34. The zero-order chi connectivity index (χ0) is 14.0. The number of aromatic nitrogens is 1. The van der Waals surface area contributed by atoms with E-state index in [1.165, 1.54) is 0 Å². The molecule has 1 aromatic carbocycles. The van der Waals surface area contributed by atoms with Crippen LogP contribution in [-0.4, -0.2) is 10.9 Å². The molecule has 1 heterocycles. The Kier molecular flexibility index (Phi) is 3.71. The highest BCUT2D eigenvalue weighted by Gasteiger charge is 2.11. The number of amides is 1. The van der Waals surface area contributed by atoms with E-state index in [2.05, 4.69) is 26.2 Å². The molecule has 5 N–H and O–H groups in total. The largest absolute Gasteiger partial charge is 0.398 e. The van der Waals surface area contributed by atoms with Gasteiger partial charge < -0.3 is 16.8 Å². The first-order chi connectivity index (χ1) is 8.99. The summed E-state index contributed by atoms with van der Waals surface area (Å²) in [5.74, 6) is -0.559. The molecule has 0 aliphatic heterocycles. The number of carbonyl (C=O) groups is 1. The van der Waals surface area contributed by atoms with Crippen molar-refractivity contribution in [3.63, 3.8) is 0 Å². The van der Waals surface area contributed by atoms with Crippen molar-refractivity contribution in [1.82, 2.24) is 4.98 Å². The van der Waals surface area contributed by atoms with E-state index < -0.39 is 5.91 Å². The van der Waals surface area contributed by atoms with Crippen LogP contribution in [0.5, 0.6) is 0 Å². The molecule has 6 heteroatoms. The third kappa shape index (κ3) is 2.85. The van der Waals surface area contributed by atoms with Crippen LogP contribution in [0.2, 0.25) is 0 Å². The van der Waals surface area contributed by atoms with E-state index in [-0.39, 0.29) is 5.56 Å². The second-order valence-corrected chi connectivity index (χ2v) is 4.95. The summed E-state index contributed by atoms with van der Waals surface area (Å²) >= 11 is 3.40. The monoisotopic (exact) mass is 320 g/mol. The van der Waals surface area contributed by atoms with Crippen molar-refractivity contribution in [3.05, 3.63) is 46.2 Å². The fraction of sp³-hybridized carbons (Fsp3) is 0.0769. The van der Waals surface area contributed by atoms with E-state index in [9.17, 15) is 4.79 Å². The first-order valence-corrected chi connectivity index (χ1v) is 6.35. The minimum atomic E-state index is -0.559. The lowest BCUT2D eigenvalue weighted by Crippen LogP contribution is -2.14. The van der Waals surface area contributed by atoms with Gasteiger partial charge in [0.25, 0.3) is 5.91 Å². The molecule has 0 unspecified atom stereocenters. The summed E-state index contributed by atoms with van der Waals surface area (Å²) in [7, 11) is 0. The Morgan fingerprint density at radius 2 is 2.11 bits per heavy atom. The quantitative estimate of drug-likeness (QED) is 0.757. The molecule has 0 aliphatic rings. The van der Waals surface area contributed by atoms with Gasteiger partial charge in [-0.25, -0.2) is 0 Å². The second-order valence-electron chi connectivity index (χ2n) is 4.10. The maximum atomic E-state index is 11.3. The van der Waals surface area contributed by atoms with E-state index in [0.717, 1.165) is 15.7 Å². The number of nitrogen functional groups attached to an aromatic ring is 1. The number of halogens is 1. The summed E-state index contributed by atoms with van der Waals surface area (Å²) in [5, 5.41) is 3.19. The maximum absolute atomic E-state index is 11.3. The molecule has 2 aromatic rings. The molecule has 0 saturated carbocycles. The van der Waals surface area contributed by atoms with Gasteiger partial charge in [0.2, 0.25) is 0 Å². The number of rotatable bonds is 3. The van der Waals surface area contributed by atoms with Crippen molar-refractivity contribution in [2.75, 3.05) is 11.1 Å². The Morgan fingerprint density at radius 1 is 1.37 bits per heavy atom. The lowest BCUT2D eigenvalue weighted by atomic mass is 10.1. The Labute approximate surface area is 119 Å². The molecule has 0 aliphatic carbocycles. The van der Waals surface area contributed by atoms with Crippen molar-refractivity contribution in [1.29, 1.82) is 0 Å². The lowest BCUT2D eigenvalue weighted by molar-refractivity contribution is 0.100. The van der Waals surface area contributed by atoms with E-state index in [0.29, 0.717) is 11.4 Å². The molecule has 19 heavy (non-hydrogen) atoms. The average molecular weight is 321 g/mol. The number of primary amides is 1. The normalized spacial score (nSPS) is 10.2. The fourth-order valence-electron chi connectivity index (χ4n) is 1.64. The van der Waals surface area contributed by atoms with Gasteiger partial charge in [0.05, 0.1) is 23.1 Å². The molecular weight excluding hydrogens is 308 g/mol. The Bertz CT molecular complexity index is 643. The molecule has 0 fully saturated rings. The minimum Gasteiger partial charge on any atom is -0.398 e. The molecule has 0 spiro atoms. The van der Waals surface area contributed by atoms with Gasteiger partial charge in [-0.15, -0.1) is 0 Å². The van der Waals surface area contributed by atoms with Gasteiger partial charge in [-0.3, -0.25) is 9.78 Å². The number of hydrogen-bond acceptors (Lipinski definition) is 4. The number of carbonyl (C=O) groups excluding carboxylic acids is 1. The van der Waals surface area contributed by atoms with E-state index in [1.807, 2.05) is 13.0 Å². The summed E-state index contributed by atoms with van der Waals surface area (Å²) in [4.78, 5) is 15.3. The fourth-order valence-corrected chi connectivity index (χ4v) is 2.10. The zero-order valence-electron chi connectivity index (χ0n) is 10.3. The van der Waals surface area contributed by atoms with Crippen molar-refractivity contribution in [3.8, 4) is 0 Å². The van der Waals surface area contributed by atoms with E-state index in [1.54, 1.807) is 24.5 Å². The molecule has 98 valence electrons. The number of pyridine rings is 1. The van der Waals surface area contributed by atoms with Crippen LogP contribution >= 0.6 is 15.9 Å². The third-order valence-corrected chi connectivity index (χ3v) is 3.37. The van der Waals surface area contributed by atoms with Gasteiger partial charge in [0.15, 0.2) is 0 Å². The topological polar surface area (TPSA) is 94.0 Å². The standard InChI is InChI=1S/C13H13BrN4O/c1-7-2-3-17-6-12(7)18-11-4-8(13(16)19)10(15)5-9(11)14/h2-6,18H,15H2,1H3,(H2,16,19). The predicted octanol–water partition coefficient (Wildman–Crippen LogP) is 2.58. The SMILES string of the molecule is Cc1ccncc1Nc1cc(C(N)=O)c(N)cc1Br. The van der Waals surface area contributed by atoms with Crippen LogP contribution in [-0.2, 0) is 0 Å². The van der Waals surface area contributed by atoms with Crippen LogP contribution in [0.4, 0.5) is 17.1 Å². The maximum Gasteiger partial charge on any atom is 0.250 e. The lowest BCUT2D eigenvalue weighted by Gasteiger charge is -2.13. The highest BCUT2D eigenvalue weighted by atomic mass is 79.9. The van der Waals surface area contributed by atoms with Gasteiger partial charge in [0, 0.05) is 16.4 Å². The van der Waals surface area contributed by atoms with Gasteiger partial charge in [0.1, 0.15) is 0 Å². The summed E-state index contributed by atoms with van der Waals surface area (Å²) in [6, 6.07) is 5.16. The summed E-state index contributed by atoms with van der Waals surface area (Å²) < 4.78 is 0.748. The molecule has 0 atom stereocenters. The number of nitrogens with one attached hydrogen (secondary N) is 1. The number of benzene rings is 1. The summed E-state index contributed by atoms with van der Waals surface area (Å²) in [6.07, 6.45) is 3.43. The molecule has 2 rings (SSSR count). The Balaban J connectivity index is 2.43. The predicted molar refractivity (Wildman–Crippen MR) is 79.3 cm³/mol. The number of hydrogen-bond donors (Lipinski definition) is 3. The highest BCUT2D eigenvalue weighted by Crippen LogP contribution is 2.31. The van der Waals surface area contributed by atoms with Crippen molar-refractivity contribution >= 4 is 38.9 Å². The molecule has 5 nitrogen and oxygen atoms in total. The highest BCUT2D eigenvalue weighted by molar-refractivity contribution is 9.10. The zero-order valence-corrected chi connectivity index (χ0v) is 11.9. The summed E-state index contributed by atoms with van der Waals surface area (Å²) in [5.41, 5.74) is 14.3. The Hall–Kier alpha value is -2.08. The first kappa shape index (κ1) is 13.4. The van der Waals surface area contributed by atoms with Crippen LogP contribution in [0.15, 0.2) is 35.1 Å². The van der Waals surface area contributed by atoms with Crippen molar-refractivity contribution in [2.24, 2.45) is 5.73 Å². The van der Waals surface area contributed by atoms with Crippen molar-refractivity contribution < 1.29 is 4.79 Å². The van der Waals surface area contributed by atoms with Crippen LogP contribution < -0.4 is 16.8 Å². The van der Waals surface area contributed by atoms with Gasteiger partial charge in [-0.05, 0) is 46.6 Å². The van der Waals surface area contributed by atoms with Crippen LogP contribution in [0, 0.1) is 6.92 Å². The summed E-state index contributed by atoms with van der Waals surface area (Å²) in [6.45, 7) is 1.96.